The lowest BCUT2D eigenvalue weighted by atomic mass is 9.87. The van der Waals surface area contributed by atoms with Crippen molar-refractivity contribution >= 4 is 21.6 Å². The molecule has 2 aromatic carbocycles. The Labute approximate surface area is 173 Å². The highest BCUT2D eigenvalue weighted by Crippen LogP contribution is 2.31. The maximum absolute atomic E-state index is 12.4. The quantitative estimate of drug-likeness (QED) is 0.714. The van der Waals surface area contributed by atoms with E-state index in [9.17, 15) is 13.2 Å². The summed E-state index contributed by atoms with van der Waals surface area (Å²) in [6.07, 6.45) is 0.00692. The minimum atomic E-state index is -3.66. The van der Waals surface area contributed by atoms with Gasteiger partial charge in [0.2, 0.25) is 15.9 Å². The van der Waals surface area contributed by atoms with E-state index in [1.807, 2.05) is 32.0 Å². The molecule has 1 amide bonds. The molecule has 0 aliphatic carbocycles. The molecule has 0 radical (unpaired) electrons. The Kier molecular flexibility index (Phi) is 7.08. The molecule has 0 spiro atoms. The highest BCUT2D eigenvalue weighted by molar-refractivity contribution is 7.89. The smallest absolute Gasteiger partial charge is 0.240 e. The molecule has 0 fully saturated rings. The lowest BCUT2D eigenvalue weighted by Gasteiger charge is -2.21. The lowest BCUT2D eigenvalue weighted by Crippen LogP contribution is -2.28. The van der Waals surface area contributed by atoms with Crippen LogP contribution in [0.25, 0.3) is 0 Å². The first kappa shape index (κ1) is 22.9. The van der Waals surface area contributed by atoms with Crippen molar-refractivity contribution in [3.63, 3.8) is 0 Å². The van der Waals surface area contributed by atoms with Crippen molar-refractivity contribution in [1.29, 1.82) is 0 Å². The van der Waals surface area contributed by atoms with Gasteiger partial charge in [0.1, 0.15) is 5.75 Å². The average Bonchev–Trinajstić information content (AvgIpc) is 2.62. The van der Waals surface area contributed by atoms with Crippen LogP contribution >= 0.6 is 0 Å². The van der Waals surface area contributed by atoms with Gasteiger partial charge in [-0.05, 0) is 60.2 Å². The summed E-state index contributed by atoms with van der Waals surface area (Å²) in [5.41, 5.74) is 3.48. The Morgan fingerprint density at radius 2 is 1.72 bits per heavy atom. The van der Waals surface area contributed by atoms with E-state index < -0.39 is 10.0 Å². The highest BCUT2D eigenvalue weighted by Gasteiger charge is 2.18. The van der Waals surface area contributed by atoms with E-state index in [4.69, 9.17) is 4.74 Å². The molecular weight excluding hydrogens is 388 g/mol. The van der Waals surface area contributed by atoms with E-state index in [0.29, 0.717) is 11.4 Å². The van der Waals surface area contributed by atoms with Crippen LogP contribution in [0.3, 0.4) is 0 Å². The molecule has 0 atom stereocenters. The number of benzene rings is 2. The number of carbonyl (C=O) groups excluding carboxylic acids is 1. The van der Waals surface area contributed by atoms with Crippen molar-refractivity contribution in [2.75, 3.05) is 19.0 Å². The van der Waals surface area contributed by atoms with Gasteiger partial charge < -0.3 is 10.1 Å². The van der Waals surface area contributed by atoms with Crippen LogP contribution in [0, 0.1) is 13.8 Å². The molecule has 0 bridgehead atoms. The molecule has 0 saturated carbocycles. The number of carbonyl (C=O) groups is 1. The lowest BCUT2D eigenvalue weighted by molar-refractivity contribution is -0.116. The number of hydrogen-bond acceptors (Lipinski definition) is 4. The monoisotopic (exact) mass is 418 g/mol. The zero-order valence-corrected chi connectivity index (χ0v) is 18.7. The van der Waals surface area contributed by atoms with Crippen LogP contribution < -0.4 is 14.8 Å². The van der Waals surface area contributed by atoms with E-state index in [0.717, 1.165) is 16.7 Å². The third-order valence-corrected chi connectivity index (χ3v) is 6.23. The Morgan fingerprint density at radius 1 is 1.03 bits per heavy atom. The molecule has 7 heteroatoms. The van der Waals surface area contributed by atoms with Gasteiger partial charge in [-0.15, -0.1) is 0 Å². The number of methoxy groups -OCH3 is 1. The van der Waals surface area contributed by atoms with Crippen LogP contribution in [0.1, 0.15) is 43.9 Å². The Bertz CT molecular complexity index is 992. The van der Waals surface area contributed by atoms with E-state index >= 15 is 0 Å². The zero-order chi connectivity index (χ0) is 21.8. The van der Waals surface area contributed by atoms with Gasteiger partial charge in [0.05, 0.1) is 17.7 Å². The summed E-state index contributed by atoms with van der Waals surface area (Å²) in [7, 11) is -2.12. The highest BCUT2D eigenvalue weighted by atomic mass is 32.2. The Balaban J connectivity index is 2.02. The second-order valence-corrected chi connectivity index (χ2v) is 9.87. The zero-order valence-electron chi connectivity index (χ0n) is 17.9. The summed E-state index contributed by atoms with van der Waals surface area (Å²) < 4.78 is 32.7. The first-order valence-corrected chi connectivity index (χ1v) is 11.0. The van der Waals surface area contributed by atoms with Crippen molar-refractivity contribution in [2.24, 2.45) is 0 Å². The number of nitrogens with one attached hydrogen (secondary N) is 2. The Hall–Kier alpha value is -2.38. The van der Waals surface area contributed by atoms with E-state index in [-0.39, 0.29) is 29.2 Å². The third kappa shape index (κ3) is 6.05. The van der Waals surface area contributed by atoms with E-state index in [1.54, 1.807) is 25.3 Å². The molecule has 0 heterocycles. The molecule has 29 heavy (non-hydrogen) atoms. The van der Waals surface area contributed by atoms with Crippen LogP contribution in [-0.4, -0.2) is 28.0 Å². The standard InChI is InChI=1S/C22H30N2O4S/c1-15-7-9-18(13-16(15)2)29(26,27)23-12-11-21(25)24-19-14-17(22(3,4)5)8-10-20(19)28-6/h7-10,13-14,23H,11-12H2,1-6H3,(H,24,25). The van der Waals surface area contributed by atoms with Crippen LogP contribution in [0.4, 0.5) is 5.69 Å². The predicted octanol–water partition coefficient (Wildman–Crippen LogP) is 3.92. The molecule has 0 saturated heterocycles. The largest absolute Gasteiger partial charge is 0.495 e. The average molecular weight is 419 g/mol. The molecule has 2 rings (SSSR count). The predicted molar refractivity (Wildman–Crippen MR) is 116 cm³/mol. The molecule has 2 aromatic rings. The van der Waals surface area contributed by atoms with E-state index in [1.165, 1.54) is 0 Å². The number of anilines is 1. The minimum absolute atomic E-state index is 0.00235. The van der Waals surface area contributed by atoms with Crippen molar-refractivity contribution in [3.8, 4) is 5.75 Å². The normalized spacial score (nSPS) is 11.9. The van der Waals surface area contributed by atoms with Gasteiger partial charge in [-0.2, -0.15) is 0 Å². The van der Waals surface area contributed by atoms with Crippen LogP contribution in [0.5, 0.6) is 5.75 Å². The van der Waals surface area contributed by atoms with Crippen LogP contribution in [0.2, 0.25) is 0 Å². The fourth-order valence-corrected chi connectivity index (χ4v) is 3.86. The van der Waals surface area contributed by atoms with Gasteiger partial charge in [-0.25, -0.2) is 13.1 Å². The van der Waals surface area contributed by atoms with Gasteiger partial charge in [0, 0.05) is 13.0 Å². The SMILES string of the molecule is COc1ccc(C(C)(C)C)cc1NC(=O)CCNS(=O)(=O)c1ccc(C)c(C)c1. The van der Waals surface area contributed by atoms with Gasteiger partial charge in [0.25, 0.3) is 0 Å². The topological polar surface area (TPSA) is 84.5 Å². The number of sulfonamides is 1. The van der Waals surface area contributed by atoms with Crippen molar-refractivity contribution in [3.05, 3.63) is 53.1 Å². The third-order valence-electron chi connectivity index (χ3n) is 4.77. The summed E-state index contributed by atoms with van der Waals surface area (Å²) in [5, 5.41) is 2.82. The number of aryl methyl sites for hydroxylation is 2. The summed E-state index contributed by atoms with van der Waals surface area (Å²) in [5.74, 6) is 0.263. The summed E-state index contributed by atoms with van der Waals surface area (Å²) in [4.78, 5) is 12.6. The number of hydrogen-bond donors (Lipinski definition) is 2. The first-order chi connectivity index (χ1) is 13.4. The molecule has 158 valence electrons. The first-order valence-electron chi connectivity index (χ1n) is 9.49. The second kappa shape index (κ2) is 8.97. The fraction of sp³-hybridized carbons (Fsp3) is 0.409. The van der Waals surface area contributed by atoms with Gasteiger partial charge in [0.15, 0.2) is 0 Å². The maximum atomic E-state index is 12.4. The van der Waals surface area contributed by atoms with Gasteiger partial charge >= 0.3 is 0 Å². The fourth-order valence-electron chi connectivity index (χ4n) is 2.75. The molecule has 2 N–H and O–H groups in total. The number of rotatable bonds is 7. The number of ether oxygens (including phenoxy) is 1. The molecular formula is C22H30N2O4S. The molecule has 0 unspecified atom stereocenters. The number of amides is 1. The van der Waals surface area contributed by atoms with E-state index in [2.05, 4.69) is 30.8 Å². The summed E-state index contributed by atoms with van der Waals surface area (Å²) >= 11 is 0. The minimum Gasteiger partial charge on any atom is -0.495 e. The van der Waals surface area contributed by atoms with Crippen molar-refractivity contribution in [2.45, 2.75) is 51.3 Å². The van der Waals surface area contributed by atoms with Crippen LogP contribution in [-0.2, 0) is 20.2 Å². The Morgan fingerprint density at radius 3 is 2.31 bits per heavy atom. The molecule has 0 aromatic heterocycles. The van der Waals surface area contributed by atoms with Gasteiger partial charge in [-0.3, -0.25) is 4.79 Å². The summed E-state index contributed by atoms with van der Waals surface area (Å²) in [6, 6.07) is 10.6. The van der Waals surface area contributed by atoms with Crippen molar-refractivity contribution in [1.82, 2.24) is 4.72 Å². The maximum Gasteiger partial charge on any atom is 0.240 e. The summed E-state index contributed by atoms with van der Waals surface area (Å²) in [6.45, 7) is 10.0. The molecule has 0 aliphatic rings. The van der Waals surface area contributed by atoms with Gasteiger partial charge in [-0.1, -0.05) is 32.9 Å². The molecule has 6 nitrogen and oxygen atoms in total. The molecule has 0 aliphatic heterocycles. The second-order valence-electron chi connectivity index (χ2n) is 8.11. The van der Waals surface area contributed by atoms with Crippen LogP contribution in [0.15, 0.2) is 41.3 Å². The van der Waals surface area contributed by atoms with Crippen molar-refractivity contribution < 1.29 is 17.9 Å².